The van der Waals surface area contributed by atoms with E-state index in [0.717, 1.165) is 54.7 Å². The highest BCUT2D eigenvalue weighted by molar-refractivity contribution is 7.18. The number of hydrogen-bond acceptors (Lipinski definition) is 6. The molecule has 7 nitrogen and oxygen atoms in total. The molecule has 178 valence electrons. The predicted molar refractivity (Wildman–Crippen MR) is 134 cm³/mol. The van der Waals surface area contributed by atoms with E-state index in [1.165, 1.54) is 22.4 Å². The molecular formula is C26H30N4O3S. The molecule has 0 bridgehead atoms. The lowest BCUT2D eigenvalue weighted by Gasteiger charge is -2.28. The fraction of sp³-hybridized carbons (Fsp3) is 0.500. The van der Waals surface area contributed by atoms with Gasteiger partial charge in [0.1, 0.15) is 17.2 Å². The van der Waals surface area contributed by atoms with Crippen molar-refractivity contribution < 1.29 is 9.53 Å². The van der Waals surface area contributed by atoms with Crippen molar-refractivity contribution in [3.8, 4) is 0 Å². The largest absolute Gasteiger partial charge is 0.379 e. The monoisotopic (exact) mass is 478 g/mol. The summed E-state index contributed by atoms with van der Waals surface area (Å²) in [5, 5.41) is 0.744. The summed E-state index contributed by atoms with van der Waals surface area (Å²) < 4.78 is 7.17. The number of nitrogens with zero attached hydrogens (tertiary/aromatic N) is 4. The number of benzene rings is 1. The highest BCUT2D eigenvalue weighted by atomic mass is 32.1. The maximum atomic E-state index is 13.9. The summed E-state index contributed by atoms with van der Waals surface area (Å²) in [7, 11) is 0. The summed E-state index contributed by atoms with van der Waals surface area (Å²) in [6, 6.07) is 8.15. The zero-order valence-electron chi connectivity index (χ0n) is 19.6. The summed E-state index contributed by atoms with van der Waals surface area (Å²) in [5.41, 5.74) is 3.26. The number of rotatable bonds is 4. The van der Waals surface area contributed by atoms with Crippen molar-refractivity contribution in [3.63, 3.8) is 0 Å². The van der Waals surface area contributed by atoms with Gasteiger partial charge in [-0.15, -0.1) is 11.3 Å². The molecule has 3 aliphatic rings. The lowest BCUT2D eigenvalue weighted by atomic mass is 9.97. The van der Waals surface area contributed by atoms with Crippen molar-refractivity contribution in [2.24, 2.45) is 0 Å². The molecule has 34 heavy (non-hydrogen) atoms. The molecule has 1 aliphatic carbocycles. The Labute approximate surface area is 203 Å². The zero-order chi connectivity index (χ0) is 23.2. The molecule has 0 radical (unpaired) electrons. The molecule has 1 fully saturated rings. The molecule has 1 aromatic carbocycles. The molecule has 8 heteroatoms. The Balaban J connectivity index is 1.41. The Morgan fingerprint density at radius 1 is 1.18 bits per heavy atom. The van der Waals surface area contributed by atoms with Gasteiger partial charge in [-0.3, -0.25) is 19.1 Å². The van der Waals surface area contributed by atoms with Gasteiger partial charge in [0, 0.05) is 29.7 Å². The fourth-order valence-electron chi connectivity index (χ4n) is 5.68. The zero-order valence-corrected chi connectivity index (χ0v) is 20.4. The maximum Gasteiger partial charge on any atom is 0.263 e. The second-order valence-electron chi connectivity index (χ2n) is 9.64. The van der Waals surface area contributed by atoms with Gasteiger partial charge in [0.15, 0.2) is 0 Å². The number of carbonyl (C=O) groups is 1. The maximum absolute atomic E-state index is 13.9. The van der Waals surface area contributed by atoms with Crippen molar-refractivity contribution in [2.75, 3.05) is 31.2 Å². The van der Waals surface area contributed by atoms with Crippen LogP contribution in [-0.2, 0) is 41.9 Å². The van der Waals surface area contributed by atoms with Gasteiger partial charge in [-0.25, -0.2) is 4.98 Å². The quantitative estimate of drug-likeness (QED) is 0.576. The van der Waals surface area contributed by atoms with E-state index in [9.17, 15) is 9.59 Å². The van der Waals surface area contributed by atoms with Gasteiger partial charge in [-0.2, -0.15) is 0 Å². The third-order valence-corrected chi connectivity index (χ3v) is 8.58. The third kappa shape index (κ3) is 3.78. The highest BCUT2D eigenvalue weighted by Gasteiger charge is 2.32. The first-order valence-electron chi connectivity index (χ1n) is 12.3. The summed E-state index contributed by atoms with van der Waals surface area (Å²) in [5.74, 6) is 0.638. The molecular weight excluding hydrogens is 448 g/mol. The molecule has 0 spiro atoms. The van der Waals surface area contributed by atoms with E-state index in [4.69, 9.17) is 9.72 Å². The van der Waals surface area contributed by atoms with Crippen LogP contribution < -0.4 is 10.5 Å². The Bertz CT molecular complexity index is 1310. The molecule has 1 saturated heterocycles. The van der Waals surface area contributed by atoms with E-state index < -0.39 is 0 Å². The van der Waals surface area contributed by atoms with Crippen LogP contribution in [0, 0.1) is 0 Å². The first-order valence-corrected chi connectivity index (χ1v) is 13.2. The van der Waals surface area contributed by atoms with Crippen LogP contribution in [0.4, 0.5) is 5.69 Å². The summed E-state index contributed by atoms with van der Waals surface area (Å²) in [6.07, 6.45) is 5.07. The van der Waals surface area contributed by atoms with Crippen molar-refractivity contribution in [2.45, 2.75) is 58.2 Å². The van der Waals surface area contributed by atoms with E-state index in [-0.39, 0.29) is 24.1 Å². The predicted octanol–water partition coefficient (Wildman–Crippen LogP) is 3.15. The molecule has 0 saturated carbocycles. The van der Waals surface area contributed by atoms with E-state index in [1.807, 2.05) is 23.1 Å². The Hall–Kier alpha value is -2.55. The minimum absolute atomic E-state index is 0.0186. The number of amides is 1. The SMILES string of the molecule is C[C@H]1Cc2ccccc2N1C(=O)Cn1c(CN2CCOCC2)nc2sc3c(c2c1=O)CCCC3. The van der Waals surface area contributed by atoms with Gasteiger partial charge in [0.05, 0.1) is 25.1 Å². The molecule has 1 atom stereocenters. The lowest BCUT2D eigenvalue weighted by Crippen LogP contribution is -2.42. The molecule has 4 heterocycles. The van der Waals surface area contributed by atoms with Crippen LogP contribution in [-0.4, -0.2) is 52.7 Å². The number of para-hydroxylation sites is 1. The Kier molecular flexibility index (Phi) is 5.75. The smallest absolute Gasteiger partial charge is 0.263 e. The molecule has 0 unspecified atom stereocenters. The molecule has 0 N–H and O–H groups in total. The number of hydrogen-bond donors (Lipinski definition) is 0. The van der Waals surface area contributed by atoms with E-state index in [0.29, 0.717) is 25.6 Å². The minimum atomic E-state index is -0.0545. The second kappa shape index (κ2) is 8.91. The number of carbonyl (C=O) groups excluding carboxylic acids is 1. The first kappa shape index (κ1) is 21.9. The number of ether oxygens (including phenoxy) is 1. The van der Waals surface area contributed by atoms with E-state index in [2.05, 4.69) is 17.9 Å². The van der Waals surface area contributed by atoms with Gasteiger partial charge in [-0.05, 0) is 56.2 Å². The molecule has 1 amide bonds. The molecule has 2 aromatic heterocycles. The van der Waals surface area contributed by atoms with Gasteiger partial charge in [-0.1, -0.05) is 18.2 Å². The highest BCUT2D eigenvalue weighted by Crippen LogP contribution is 2.35. The van der Waals surface area contributed by atoms with Crippen molar-refractivity contribution >= 4 is 33.1 Å². The van der Waals surface area contributed by atoms with Crippen molar-refractivity contribution in [1.82, 2.24) is 14.5 Å². The van der Waals surface area contributed by atoms with Gasteiger partial charge in [0.25, 0.3) is 5.56 Å². The molecule has 2 aliphatic heterocycles. The number of aromatic nitrogens is 2. The van der Waals surface area contributed by atoms with E-state index in [1.54, 1.807) is 15.9 Å². The first-order chi connectivity index (χ1) is 16.6. The van der Waals surface area contributed by atoms with Gasteiger partial charge < -0.3 is 9.64 Å². The lowest BCUT2D eigenvalue weighted by molar-refractivity contribution is -0.119. The number of aryl methyl sites for hydroxylation is 2. The molecule has 6 rings (SSSR count). The van der Waals surface area contributed by atoms with Crippen LogP contribution in [0.25, 0.3) is 10.2 Å². The average molecular weight is 479 g/mol. The normalized spacial score (nSPS) is 20.5. The summed E-state index contributed by atoms with van der Waals surface area (Å²) in [4.78, 5) is 38.8. The Morgan fingerprint density at radius 3 is 2.82 bits per heavy atom. The van der Waals surface area contributed by atoms with Crippen LogP contribution in [0.3, 0.4) is 0 Å². The molecule has 3 aromatic rings. The van der Waals surface area contributed by atoms with Gasteiger partial charge in [0.2, 0.25) is 5.91 Å². The second-order valence-corrected chi connectivity index (χ2v) is 10.7. The van der Waals surface area contributed by atoms with Crippen molar-refractivity contribution in [1.29, 1.82) is 0 Å². The van der Waals surface area contributed by atoms with Crippen LogP contribution in [0.2, 0.25) is 0 Å². The number of morpholine rings is 1. The third-order valence-electron chi connectivity index (χ3n) is 7.39. The standard InChI is InChI=1S/C26H30N4O3S/c1-17-14-18-6-2-4-8-20(18)30(17)23(31)16-29-22(15-28-10-12-33-13-11-28)27-25-24(26(29)32)19-7-3-5-9-21(19)34-25/h2,4,6,8,17H,3,5,7,9-16H2,1H3/t17-/m0/s1. The number of fused-ring (bicyclic) bond motifs is 4. The summed E-state index contributed by atoms with van der Waals surface area (Å²) in [6.45, 7) is 5.62. The van der Waals surface area contributed by atoms with Crippen molar-refractivity contribution in [3.05, 3.63) is 56.4 Å². The fourth-order valence-corrected chi connectivity index (χ4v) is 6.95. The average Bonchev–Trinajstić information content (AvgIpc) is 3.38. The Morgan fingerprint density at radius 2 is 1.97 bits per heavy atom. The number of anilines is 1. The van der Waals surface area contributed by atoms with Crippen LogP contribution in [0.5, 0.6) is 0 Å². The van der Waals surface area contributed by atoms with Gasteiger partial charge >= 0.3 is 0 Å². The topological polar surface area (TPSA) is 67.7 Å². The summed E-state index contributed by atoms with van der Waals surface area (Å²) >= 11 is 1.67. The minimum Gasteiger partial charge on any atom is -0.379 e. The van der Waals surface area contributed by atoms with E-state index >= 15 is 0 Å². The van der Waals surface area contributed by atoms with Crippen LogP contribution in [0.15, 0.2) is 29.1 Å². The number of thiophene rings is 1. The van der Waals surface area contributed by atoms with Crippen LogP contribution >= 0.6 is 11.3 Å². The van der Waals surface area contributed by atoms with Crippen LogP contribution in [0.1, 0.15) is 41.6 Å².